The third kappa shape index (κ3) is 2.99. The summed E-state index contributed by atoms with van der Waals surface area (Å²) in [5.74, 6) is -1.51. The maximum Gasteiger partial charge on any atom is 0.251 e. The Balaban J connectivity index is 1.74. The minimum atomic E-state index is -0.673. The van der Waals surface area contributed by atoms with Crippen LogP contribution in [0.1, 0.15) is 15.9 Å². The van der Waals surface area contributed by atoms with Gasteiger partial charge in [-0.1, -0.05) is 12.1 Å². The Morgan fingerprint density at radius 3 is 2.59 bits per heavy atom. The zero-order valence-electron chi connectivity index (χ0n) is 15.2. The quantitative estimate of drug-likeness (QED) is 0.553. The monoisotopic (exact) mass is 387 g/mol. The highest BCUT2D eigenvalue weighted by molar-refractivity contribution is 6.01. The summed E-state index contributed by atoms with van der Waals surface area (Å²) in [6.07, 6.45) is 3.53. The molecule has 0 radical (unpaired) electrons. The van der Waals surface area contributed by atoms with E-state index in [2.05, 4.69) is 10.4 Å². The number of benzene rings is 3. The van der Waals surface area contributed by atoms with Gasteiger partial charge < -0.3 is 5.32 Å². The number of hydrogen-bond acceptors (Lipinski definition) is 2. The molecule has 4 nitrogen and oxygen atoms in total. The highest BCUT2D eigenvalue weighted by atomic mass is 19.1. The molecule has 0 spiro atoms. The van der Waals surface area contributed by atoms with Gasteiger partial charge in [0.1, 0.15) is 11.6 Å². The second-order valence-electron chi connectivity index (χ2n) is 6.86. The van der Waals surface area contributed by atoms with Crippen molar-refractivity contribution in [1.82, 2.24) is 15.1 Å². The van der Waals surface area contributed by atoms with Crippen LogP contribution in [0, 0.1) is 11.6 Å². The molecule has 0 saturated carbocycles. The van der Waals surface area contributed by atoms with Gasteiger partial charge in [-0.05, 0) is 64.7 Å². The molecule has 3 aromatic carbocycles. The van der Waals surface area contributed by atoms with Gasteiger partial charge in [-0.25, -0.2) is 13.5 Å². The number of amides is 1. The van der Waals surface area contributed by atoms with Crippen LogP contribution in [-0.4, -0.2) is 15.7 Å². The molecule has 5 rings (SSSR count). The lowest BCUT2D eigenvalue weighted by Crippen LogP contribution is -2.12. The van der Waals surface area contributed by atoms with E-state index < -0.39 is 11.6 Å². The van der Waals surface area contributed by atoms with Gasteiger partial charge in [0, 0.05) is 36.1 Å². The molecule has 0 bridgehead atoms. The fourth-order valence-electron chi connectivity index (χ4n) is 3.68. The molecule has 142 valence electrons. The van der Waals surface area contributed by atoms with Gasteiger partial charge in [0.05, 0.1) is 5.69 Å². The first-order valence-electron chi connectivity index (χ1n) is 9.11. The van der Waals surface area contributed by atoms with Gasteiger partial charge in [-0.15, -0.1) is 0 Å². The van der Waals surface area contributed by atoms with Crippen molar-refractivity contribution in [3.8, 4) is 27.9 Å². The van der Waals surface area contributed by atoms with E-state index in [1.165, 1.54) is 12.1 Å². The van der Waals surface area contributed by atoms with Crippen molar-refractivity contribution in [1.29, 1.82) is 0 Å². The van der Waals surface area contributed by atoms with Gasteiger partial charge >= 0.3 is 0 Å². The molecule has 0 fully saturated rings. The highest BCUT2D eigenvalue weighted by Crippen LogP contribution is 2.37. The molecule has 1 N–H and O–H groups in total. The van der Waals surface area contributed by atoms with Crippen LogP contribution in [0.3, 0.4) is 0 Å². The van der Waals surface area contributed by atoms with E-state index in [0.717, 1.165) is 28.4 Å². The molecule has 1 aromatic heterocycles. The SMILES string of the molecule is O=C1NCc2cc(-c3cccc(-n4cccn4)c3)c(-c3ccc(F)cc3F)cc21. The molecule has 2 heterocycles. The van der Waals surface area contributed by atoms with Crippen LogP contribution < -0.4 is 5.32 Å². The van der Waals surface area contributed by atoms with Crippen LogP contribution in [0.15, 0.2) is 73.1 Å². The number of nitrogens with one attached hydrogen (secondary N) is 1. The molecule has 29 heavy (non-hydrogen) atoms. The zero-order chi connectivity index (χ0) is 20.0. The van der Waals surface area contributed by atoms with Crippen LogP contribution in [0.2, 0.25) is 0 Å². The van der Waals surface area contributed by atoms with E-state index >= 15 is 0 Å². The number of halogens is 2. The van der Waals surface area contributed by atoms with Crippen molar-refractivity contribution in [3.05, 3.63) is 95.8 Å². The molecular weight excluding hydrogens is 372 g/mol. The Morgan fingerprint density at radius 2 is 1.79 bits per heavy atom. The number of aromatic nitrogens is 2. The largest absolute Gasteiger partial charge is 0.348 e. The maximum absolute atomic E-state index is 14.6. The highest BCUT2D eigenvalue weighted by Gasteiger charge is 2.23. The molecule has 6 heteroatoms. The van der Waals surface area contributed by atoms with Crippen molar-refractivity contribution >= 4 is 5.91 Å². The number of carbonyl (C=O) groups is 1. The zero-order valence-corrected chi connectivity index (χ0v) is 15.2. The van der Waals surface area contributed by atoms with Crippen LogP contribution in [0.5, 0.6) is 0 Å². The second kappa shape index (κ2) is 6.67. The van der Waals surface area contributed by atoms with Crippen LogP contribution in [0.25, 0.3) is 27.9 Å². The van der Waals surface area contributed by atoms with E-state index in [1.807, 2.05) is 42.6 Å². The van der Waals surface area contributed by atoms with Crippen LogP contribution in [-0.2, 0) is 6.54 Å². The standard InChI is InChI=1S/C23H15F2N3O/c24-16-5-6-18(22(25)11-16)21-12-20-15(13-26-23(20)29)10-19(21)14-3-1-4-17(9-14)28-8-2-7-27-28/h1-12H,13H2,(H,26,29). The fraction of sp³-hybridized carbons (Fsp3) is 0.0435. The third-order valence-corrected chi connectivity index (χ3v) is 5.07. The first kappa shape index (κ1) is 17.3. The van der Waals surface area contributed by atoms with Gasteiger partial charge in [-0.2, -0.15) is 5.10 Å². The van der Waals surface area contributed by atoms with Crippen molar-refractivity contribution < 1.29 is 13.6 Å². The van der Waals surface area contributed by atoms with Crippen LogP contribution in [0.4, 0.5) is 8.78 Å². The Kier molecular flexibility index (Phi) is 3.98. The number of carbonyl (C=O) groups excluding carboxylic acids is 1. The topological polar surface area (TPSA) is 46.9 Å². The average molecular weight is 387 g/mol. The van der Waals surface area contributed by atoms with Crippen molar-refractivity contribution in [2.45, 2.75) is 6.54 Å². The predicted octanol–water partition coefficient (Wildman–Crippen LogP) is 4.73. The molecule has 1 aliphatic rings. The van der Waals surface area contributed by atoms with Crippen molar-refractivity contribution in [2.75, 3.05) is 0 Å². The van der Waals surface area contributed by atoms with Crippen molar-refractivity contribution in [2.24, 2.45) is 0 Å². The Morgan fingerprint density at radius 1 is 0.897 bits per heavy atom. The average Bonchev–Trinajstić information content (AvgIpc) is 3.38. The molecule has 1 amide bonds. The molecule has 0 saturated heterocycles. The minimum absolute atomic E-state index is 0.194. The summed E-state index contributed by atoms with van der Waals surface area (Å²) in [5, 5.41) is 7.05. The van der Waals surface area contributed by atoms with E-state index in [9.17, 15) is 13.6 Å². The maximum atomic E-state index is 14.6. The molecule has 0 aliphatic carbocycles. The van der Waals surface area contributed by atoms with Gasteiger partial charge in [0.15, 0.2) is 0 Å². The summed E-state index contributed by atoms with van der Waals surface area (Å²) in [6, 6.07) is 16.6. The minimum Gasteiger partial charge on any atom is -0.348 e. The van der Waals surface area contributed by atoms with E-state index in [4.69, 9.17) is 0 Å². The Labute approximate surface area is 165 Å². The summed E-state index contributed by atoms with van der Waals surface area (Å²) in [5.41, 5.74) is 4.60. The molecular formula is C23H15F2N3O. The summed E-state index contributed by atoms with van der Waals surface area (Å²) in [7, 11) is 0. The first-order valence-corrected chi connectivity index (χ1v) is 9.11. The Hall–Kier alpha value is -3.80. The molecule has 4 aromatic rings. The second-order valence-corrected chi connectivity index (χ2v) is 6.86. The third-order valence-electron chi connectivity index (χ3n) is 5.07. The smallest absolute Gasteiger partial charge is 0.251 e. The first-order chi connectivity index (χ1) is 14.1. The summed E-state index contributed by atoms with van der Waals surface area (Å²) in [4.78, 5) is 12.2. The fourth-order valence-corrected chi connectivity index (χ4v) is 3.68. The van der Waals surface area contributed by atoms with Crippen molar-refractivity contribution in [3.63, 3.8) is 0 Å². The van der Waals surface area contributed by atoms with E-state index in [-0.39, 0.29) is 11.5 Å². The van der Waals surface area contributed by atoms with Gasteiger partial charge in [-0.3, -0.25) is 4.79 Å². The molecule has 0 unspecified atom stereocenters. The van der Waals surface area contributed by atoms with Gasteiger partial charge in [0.2, 0.25) is 0 Å². The normalized spacial score (nSPS) is 12.7. The molecule has 1 aliphatic heterocycles. The summed E-state index contributed by atoms with van der Waals surface area (Å²) in [6.45, 7) is 0.423. The number of nitrogens with zero attached hydrogens (tertiary/aromatic N) is 2. The Bertz CT molecular complexity index is 1250. The summed E-state index contributed by atoms with van der Waals surface area (Å²) >= 11 is 0. The molecule has 0 atom stereocenters. The van der Waals surface area contributed by atoms with Gasteiger partial charge in [0.25, 0.3) is 5.91 Å². The lowest BCUT2D eigenvalue weighted by atomic mass is 9.90. The van der Waals surface area contributed by atoms with Crippen LogP contribution >= 0.6 is 0 Å². The number of rotatable bonds is 3. The van der Waals surface area contributed by atoms with E-state index in [1.54, 1.807) is 16.9 Å². The van der Waals surface area contributed by atoms with E-state index in [0.29, 0.717) is 17.7 Å². The number of fused-ring (bicyclic) bond motifs is 1. The lowest BCUT2D eigenvalue weighted by Gasteiger charge is -2.14. The number of hydrogen-bond donors (Lipinski definition) is 1. The predicted molar refractivity (Wildman–Crippen MR) is 106 cm³/mol. The summed E-state index contributed by atoms with van der Waals surface area (Å²) < 4.78 is 29.8. The lowest BCUT2D eigenvalue weighted by molar-refractivity contribution is 0.0966.